The van der Waals surface area contributed by atoms with Crippen LogP contribution in [0.15, 0.2) is 0 Å². The van der Waals surface area contributed by atoms with Crippen molar-refractivity contribution in [1.29, 1.82) is 0 Å². The molecule has 2 aliphatic heterocycles. The maximum Gasteiger partial charge on any atom is 0.0645 e. The van der Waals surface area contributed by atoms with E-state index in [1.165, 1.54) is 19.6 Å². The first-order chi connectivity index (χ1) is 6.96. The van der Waals surface area contributed by atoms with E-state index in [9.17, 15) is 0 Å². The van der Waals surface area contributed by atoms with Crippen molar-refractivity contribution in [3.63, 3.8) is 0 Å². The summed E-state index contributed by atoms with van der Waals surface area (Å²) in [5.74, 6) is 0. The molecule has 3 heteroatoms. The fraction of sp³-hybridized carbons (Fsp3) is 1.00. The van der Waals surface area contributed by atoms with Crippen LogP contribution in [-0.4, -0.2) is 61.8 Å². The average molecular weight is 212 g/mol. The van der Waals surface area contributed by atoms with Crippen molar-refractivity contribution < 1.29 is 4.74 Å². The Kier molecular flexibility index (Phi) is 3.06. The molecule has 0 aromatic carbocycles. The van der Waals surface area contributed by atoms with Crippen molar-refractivity contribution in [2.75, 3.05) is 39.9 Å². The van der Waals surface area contributed by atoms with Crippen molar-refractivity contribution in [3.05, 3.63) is 0 Å². The largest absolute Gasteiger partial charge is 0.378 e. The molecule has 0 aromatic heterocycles. The molecular formula is C12H24N2O. The molecule has 0 bridgehead atoms. The van der Waals surface area contributed by atoms with Gasteiger partial charge in [0.15, 0.2) is 0 Å². The highest BCUT2D eigenvalue weighted by atomic mass is 16.5. The summed E-state index contributed by atoms with van der Waals surface area (Å²) >= 11 is 0. The molecule has 2 saturated heterocycles. The van der Waals surface area contributed by atoms with Gasteiger partial charge in [-0.1, -0.05) is 20.8 Å². The van der Waals surface area contributed by atoms with E-state index in [0.717, 1.165) is 19.3 Å². The Morgan fingerprint density at radius 2 is 1.80 bits per heavy atom. The number of nitrogens with zero attached hydrogens (tertiary/aromatic N) is 2. The lowest BCUT2D eigenvalue weighted by molar-refractivity contribution is -0.0956. The highest BCUT2D eigenvalue weighted by Gasteiger charge is 2.36. The Morgan fingerprint density at radius 3 is 2.20 bits per heavy atom. The molecule has 0 aromatic rings. The molecule has 0 unspecified atom stereocenters. The molecule has 88 valence electrons. The maximum atomic E-state index is 5.23. The van der Waals surface area contributed by atoms with E-state index in [4.69, 9.17) is 4.74 Å². The van der Waals surface area contributed by atoms with Gasteiger partial charge in [-0.25, -0.2) is 0 Å². The number of hydrogen-bond acceptors (Lipinski definition) is 3. The molecule has 15 heavy (non-hydrogen) atoms. The van der Waals surface area contributed by atoms with Gasteiger partial charge in [-0.05, 0) is 12.5 Å². The highest BCUT2D eigenvalue weighted by molar-refractivity contribution is 4.92. The molecule has 2 aliphatic rings. The van der Waals surface area contributed by atoms with Gasteiger partial charge in [0.25, 0.3) is 0 Å². The average Bonchev–Trinajstić information content (AvgIpc) is 1.89. The number of rotatable bonds is 3. The summed E-state index contributed by atoms with van der Waals surface area (Å²) in [7, 11) is 2.24. The number of likely N-dealkylation sites (N-methyl/N-ethyl adjacent to an activating group) is 1. The van der Waals surface area contributed by atoms with Crippen molar-refractivity contribution in [2.24, 2.45) is 5.41 Å². The lowest BCUT2D eigenvalue weighted by Crippen LogP contribution is -2.64. The molecular weight excluding hydrogens is 188 g/mol. The van der Waals surface area contributed by atoms with Crippen molar-refractivity contribution >= 4 is 0 Å². The van der Waals surface area contributed by atoms with Gasteiger partial charge in [0, 0.05) is 25.7 Å². The first kappa shape index (κ1) is 11.4. The number of hydrogen-bond donors (Lipinski definition) is 0. The fourth-order valence-electron chi connectivity index (χ4n) is 2.36. The monoisotopic (exact) mass is 212 g/mol. The van der Waals surface area contributed by atoms with Crippen LogP contribution < -0.4 is 0 Å². The maximum absolute atomic E-state index is 5.23. The predicted octanol–water partition coefficient (Wildman–Crippen LogP) is 1.05. The molecule has 2 heterocycles. The minimum Gasteiger partial charge on any atom is -0.378 e. The van der Waals surface area contributed by atoms with Crippen LogP contribution >= 0.6 is 0 Å². The van der Waals surface area contributed by atoms with Crippen LogP contribution in [0.3, 0.4) is 0 Å². The third-order valence-corrected chi connectivity index (χ3v) is 3.41. The minimum atomic E-state index is 0.434. The van der Waals surface area contributed by atoms with E-state index in [-0.39, 0.29) is 0 Å². The van der Waals surface area contributed by atoms with Crippen molar-refractivity contribution in [1.82, 2.24) is 9.80 Å². The summed E-state index contributed by atoms with van der Waals surface area (Å²) in [5, 5.41) is 0. The van der Waals surface area contributed by atoms with E-state index in [0.29, 0.717) is 11.5 Å². The smallest absolute Gasteiger partial charge is 0.0645 e. The van der Waals surface area contributed by atoms with Gasteiger partial charge in [-0.2, -0.15) is 0 Å². The lowest BCUT2D eigenvalue weighted by Gasteiger charge is -2.50. The number of ether oxygens (including phenoxy) is 1. The highest BCUT2D eigenvalue weighted by Crippen LogP contribution is 2.23. The van der Waals surface area contributed by atoms with Gasteiger partial charge in [0.2, 0.25) is 0 Å². The van der Waals surface area contributed by atoms with Gasteiger partial charge in [-0.15, -0.1) is 0 Å². The predicted molar refractivity (Wildman–Crippen MR) is 62.1 cm³/mol. The summed E-state index contributed by atoms with van der Waals surface area (Å²) in [6.07, 6.45) is 0. The van der Waals surface area contributed by atoms with Crippen LogP contribution in [0.1, 0.15) is 20.8 Å². The zero-order valence-corrected chi connectivity index (χ0v) is 10.5. The Hall–Kier alpha value is -0.120. The van der Waals surface area contributed by atoms with E-state index in [2.05, 4.69) is 37.6 Å². The van der Waals surface area contributed by atoms with Gasteiger partial charge in [-0.3, -0.25) is 9.80 Å². The van der Waals surface area contributed by atoms with Crippen LogP contribution in [-0.2, 0) is 4.74 Å². The lowest BCUT2D eigenvalue weighted by atomic mass is 9.93. The standard InChI is InChI=1S/C12H24N2O/c1-12(2,3)9-14-5-10(6-14)13(4)11-7-15-8-11/h10-11H,5-9H2,1-4H3. The van der Waals surface area contributed by atoms with E-state index >= 15 is 0 Å². The van der Waals surface area contributed by atoms with Crippen LogP contribution in [0.2, 0.25) is 0 Å². The van der Waals surface area contributed by atoms with Crippen LogP contribution in [0.4, 0.5) is 0 Å². The summed E-state index contributed by atoms with van der Waals surface area (Å²) in [4.78, 5) is 5.06. The van der Waals surface area contributed by atoms with E-state index in [1.807, 2.05) is 0 Å². The van der Waals surface area contributed by atoms with Crippen LogP contribution in [0.25, 0.3) is 0 Å². The minimum absolute atomic E-state index is 0.434. The molecule has 2 fully saturated rings. The zero-order valence-electron chi connectivity index (χ0n) is 10.5. The normalized spacial score (nSPS) is 25.4. The van der Waals surface area contributed by atoms with E-state index in [1.54, 1.807) is 0 Å². The van der Waals surface area contributed by atoms with Crippen molar-refractivity contribution in [3.8, 4) is 0 Å². The van der Waals surface area contributed by atoms with Gasteiger partial charge < -0.3 is 4.74 Å². The summed E-state index contributed by atoms with van der Waals surface area (Å²) in [6, 6.07) is 1.45. The Bertz CT molecular complexity index is 214. The topological polar surface area (TPSA) is 15.7 Å². The molecule has 0 amide bonds. The Labute approximate surface area is 93.4 Å². The van der Waals surface area contributed by atoms with Gasteiger partial charge >= 0.3 is 0 Å². The second-order valence-electron chi connectivity index (χ2n) is 6.27. The fourth-order valence-corrected chi connectivity index (χ4v) is 2.36. The number of likely N-dealkylation sites (tertiary alicyclic amines) is 1. The third kappa shape index (κ3) is 2.71. The Balaban J connectivity index is 1.68. The first-order valence-corrected chi connectivity index (χ1v) is 5.98. The van der Waals surface area contributed by atoms with Gasteiger partial charge in [0.1, 0.15) is 0 Å². The summed E-state index contributed by atoms with van der Waals surface area (Å²) < 4.78 is 5.23. The molecule has 0 radical (unpaired) electrons. The summed E-state index contributed by atoms with van der Waals surface area (Å²) in [6.45, 7) is 12.5. The molecule has 0 N–H and O–H groups in total. The Morgan fingerprint density at radius 1 is 1.20 bits per heavy atom. The first-order valence-electron chi connectivity index (χ1n) is 5.98. The van der Waals surface area contributed by atoms with Crippen molar-refractivity contribution in [2.45, 2.75) is 32.9 Å². The van der Waals surface area contributed by atoms with Gasteiger partial charge in [0.05, 0.1) is 19.3 Å². The molecule has 0 aliphatic carbocycles. The zero-order chi connectivity index (χ0) is 11.1. The van der Waals surface area contributed by atoms with Crippen LogP contribution in [0.5, 0.6) is 0 Å². The molecule has 2 rings (SSSR count). The molecule has 3 nitrogen and oxygen atoms in total. The third-order valence-electron chi connectivity index (χ3n) is 3.41. The quantitative estimate of drug-likeness (QED) is 0.695. The molecule has 0 spiro atoms. The molecule has 0 saturated carbocycles. The SMILES string of the molecule is CN(C1COC1)C1CN(CC(C)(C)C)C1. The van der Waals surface area contributed by atoms with Crippen LogP contribution in [0, 0.1) is 5.41 Å². The summed E-state index contributed by atoms with van der Waals surface area (Å²) in [5.41, 5.74) is 0.434. The molecule has 0 atom stereocenters. The second kappa shape index (κ2) is 4.04. The second-order valence-corrected chi connectivity index (χ2v) is 6.27. The van der Waals surface area contributed by atoms with E-state index < -0.39 is 0 Å².